The SMILES string of the molecule is CC(C)(O)C1C[C@@H](C(C(=O)NCc2ccc(OC(F)(F)F)cc2F)C2CC2)CN(C(N)=O)C1. The number of primary amides is 1. The first kappa shape index (κ1) is 25.1. The van der Waals surface area contributed by atoms with Gasteiger partial charge >= 0.3 is 12.4 Å². The number of nitrogens with two attached hydrogens (primary N) is 1. The standard InChI is InChI=1S/C22H29F4N3O4/c1-21(2,32)15-7-14(10-29(11-15)20(27)31)18(12-3-4-12)19(30)28-9-13-5-6-16(8-17(13)23)33-22(24,25)26/h5-6,8,12,14-15,18,32H,3-4,7,9-11H2,1-2H3,(H2,27,31)(H,28,30)/t14-,15?,18?/m1/s1. The fourth-order valence-corrected chi connectivity index (χ4v) is 4.53. The van der Waals surface area contributed by atoms with Crippen molar-refractivity contribution in [3.8, 4) is 5.75 Å². The molecular weight excluding hydrogens is 446 g/mol. The number of aliphatic hydroxyl groups is 1. The van der Waals surface area contributed by atoms with Crippen LogP contribution in [0.5, 0.6) is 5.75 Å². The van der Waals surface area contributed by atoms with E-state index in [1.807, 2.05) is 0 Å². The molecule has 0 radical (unpaired) electrons. The van der Waals surface area contributed by atoms with E-state index in [2.05, 4.69) is 10.1 Å². The Morgan fingerprint density at radius 1 is 1.24 bits per heavy atom. The minimum atomic E-state index is -4.93. The Kier molecular flexibility index (Phi) is 7.11. The van der Waals surface area contributed by atoms with Gasteiger partial charge in [0, 0.05) is 43.1 Å². The van der Waals surface area contributed by atoms with Crippen LogP contribution in [0.25, 0.3) is 0 Å². The topological polar surface area (TPSA) is 105 Å². The number of likely N-dealkylation sites (tertiary alicyclic amines) is 1. The number of urea groups is 1. The number of rotatable bonds is 7. The van der Waals surface area contributed by atoms with Crippen molar-refractivity contribution in [2.75, 3.05) is 13.1 Å². The molecule has 3 atom stereocenters. The van der Waals surface area contributed by atoms with Crippen molar-refractivity contribution in [3.63, 3.8) is 0 Å². The highest BCUT2D eigenvalue weighted by atomic mass is 19.4. The van der Waals surface area contributed by atoms with Crippen molar-refractivity contribution in [2.24, 2.45) is 29.4 Å². The monoisotopic (exact) mass is 475 g/mol. The number of hydrogen-bond acceptors (Lipinski definition) is 4. The molecule has 0 spiro atoms. The van der Waals surface area contributed by atoms with Crippen LogP contribution in [0.2, 0.25) is 0 Å². The number of alkyl halides is 3. The maximum atomic E-state index is 14.2. The van der Waals surface area contributed by atoms with E-state index < -0.39 is 35.5 Å². The highest BCUT2D eigenvalue weighted by Crippen LogP contribution is 2.45. The number of piperidine rings is 1. The average molecular weight is 475 g/mol. The number of nitrogens with zero attached hydrogens (tertiary/aromatic N) is 1. The van der Waals surface area contributed by atoms with E-state index in [1.54, 1.807) is 13.8 Å². The third-order valence-electron chi connectivity index (χ3n) is 6.45. The lowest BCUT2D eigenvalue weighted by molar-refractivity contribution is -0.274. The Balaban J connectivity index is 1.70. The zero-order chi connectivity index (χ0) is 24.6. The predicted octanol–water partition coefficient (Wildman–Crippen LogP) is 3.15. The summed E-state index contributed by atoms with van der Waals surface area (Å²) in [5, 5.41) is 13.2. The fourth-order valence-electron chi connectivity index (χ4n) is 4.53. The Morgan fingerprint density at radius 2 is 1.91 bits per heavy atom. The highest BCUT2D eigenvalue weighted by Gasteiger charge is 2.46. The first-order valence-corrected chi connectivity index (χ1v) is 10.8. The van der Waals surface area contributed by atoms with E-state index in [0.29, 0.717) is 19.0 Å². The van der Waals surface area contributed by atoms with Gasteiger partial charge in [-0.1, -0.05) is 6.07 Å². The Bertz CT molecular complexity index is 883. The van der Waals surface area contributed by atoms with Gasteiger partial charge < -0.3 is 25.8 Å². The molecule has 2 fully saturated rings. The van der Waals surface area contributed by atoms with Gasteiger partial charge in [0.2, 0.25) is 5.91 Å². The number of benzene rings is 1. The minimum Gasteiger partial charge on any atom is -0.406 e. The second-order valence-electron chi connectivity index (χ2n) is 9.47. The van der Waals surface area contributed by atoms with Crippen molar-refractivity contribution >= 4 is 11.9 Å². The van der Waals surface area contributed by atoms with Crippen LogP contribution in [0.3, 0.4) is 0 Å². The van der Waals surface area contributed by atoms with Crippen LogP contribution in [0.4, 0.5) is 22.4 Å². The molecule has 7 nitrogen and oxygen atoms in total. The molecule has 184 valence electrons. The molecule has 1 aromatic carbocycles. The molecule has 2 unspecified atom stereocenters. The molecule has 2 aliphatic rings. The van der Waals surface area contributed by atoms with Crippen molar-refractivity contribution in [3.05, 3.63) is 29.6 Å². The Morgan fingerprint density at radius 3 is 2.42 bits per heavy atom. The van der Waals surface area contributed by atoms with Gasteiger partial charge in [-0.2, -0.15) is 0 Å². The molecule has 4 N–H and O–H groups in total. The van der Waals surface area contributed by atoms with Crippen molar-refractivity contribution in [1.82, 2.24) is 10.2 Å². The first-order valence-electron chi connectivity index (χ1n) is 10.8. The molecular formula is C22H29F4N3O4. The van der Waals surface area contributed by atoms with E-state index in [9.17, 15) is 32.3 Å². The number of halogens is 4. The largest absolute Gasteiger partial charge is 0.573 e. The third kappa shape index (κ3) is 6.72. The second kappa shape index (κ2) is 9.36. The molecule has 1 saturated heterocycles. The summed E-state index contributed by atoms with van der Waals surface area (Å²) in [6.07, 6.45) is -2.72. The maximum Gasteiger partial charge on any atom is 0.573 e. The van der Waals surface area contributed by atoms with E-state index in [0.717, 1.165) is 25.0 Å². The molecule has 33 heavy (non-hydrogen) atoms. The van der Waals surface area contributed by atoms with Gasteiger partial charge in [0.05, 0.1) is 5.60 Å². The summed E-state index contributed by atoms with van der Waals surface area (Å²) in [7, 11) is 0. The van der Waals surface area contributed by atoms with Gasteiger partial charge in [0.25, 0.3) is 0 Å². The smallest absolute Gasteiger partial charge is 0.406 e. The third-order valence-corrected chi connectivity index (χ3v) is 6.45. The highest BCUT2D eigenvalue weighted by molar-refractivity contribution is 5.80. The number of carbonyl (C=O) groups is 2. The number of carbonyl (C=O) groups excluding carboxylic acids is 2. The lowest BCUT2D eigenvalue weighted by Crippen LogP contribution is -2.54. The molecule has 1 saturated carbocycles. The zero-order valence-electron chi connectivity index (χ0n) is 18.5. The van der Waals surface area contributed by atoms with Gasteiger partial charge in [-0.25, -0.2) is 9.18 Å². The molecule has 1 aromatic rings. The molecule has 0 bridgehead atoms. The number of hydrogen-bond donors (Lipinski definition) is 3. The number of ether oxygens (including phenoxy) is 1. The fraction of sp³-hybridized carbons (Fsp3) is 0.636. The summed E-state index contributed by atoms with van der Waals surface area (Å²) in [5.74, 6) is -2.78. The van der Waals surface area contributed by atoms with Gasteiger partial charge in [-0.15, -0.1) is 13.2 Å². The van der Waals surface area contributed by atoms with Crippen LogP contribution in [0, 0.1) is 29.5 Å². The maximum absolute atomic E-state index is 14.2. The summed E-state index contributed by atoms with van der Waals surface area (Å²) in [6, 6.07) is 2.11. The first-order chi connectivity index (χ1) is 15.2. The molecule has 1 heterocycles. The summed E-state index contributed by atoms with van der Waals surface area (Å²) in [4.78, 5) is 26.4. The molecule has 1 aliphatic carbocycles. The lowest BCUT2D eigenvalue weighted by Gasteiger charge is -2.44. The van der Waals surface area contributed by atoms with E-state index in [4.69, 9.17) is 5.73 Å². The summed E-state index contributed by atoms with van der Waals surface area (Å²) >= 11 is 0. The van der Waals surface area contributed by atoms with Crippen LogP contribution in [-0.4, -0.2) is 47.0 Å². The molecule has 1 aliphatic heterocycles. The number of amides is 3. The summed E-state index contributed by atoms with van der Waals surface area (Å²) < 4.78 is 54.8. The van der Waals surface area contributed by atoms with E-state index in [-0.39, 0.29) is 42.3 Å². The predicted molar refractivity (Wildman–Crippen MR) is 110 cm³/mol. The van der Waals surface area contributed by atoms with Crippen LogP contribution in [0.1, 0.15) is 38.7 Å². The van der Waals surface area contributed by atoms with Crippen LogP contribution in [-0.2, 0) is 11.3 Å². The van der Waals surface area contributed by atoms with Crippen LogP contribution in [0.15, 0.2) is 18.2 Å². The lowest BCUT2D eigenvalue weighted by atomic mass is 9.73. The summed E-state index contributed by atoms with van der Waals surface area (Å²) in [6.45, 7) is 3.68. The van der Waals surface area contributed by atoms with Gasteiger partial charge in [0.15, 0.2) is 0 Å². The Labute approximate surface area is 189 Å². The molecule has 3 rings (SSSR count). The Hall–Kier alpha value is -2.56. The minimum absolute atomic E-state index is 0.0178. The van der Waals surface area contributed by atoms with Crippen LogP contribution >= 0.6 is 0 Å². The van der Waals surface area contributed by atoms with Gasteiger partial charge in [-0.05, 0) is 51.0 Å². The van der Waals surface area contributed by atoms with Gasteiger partial charge in [0.1, 0.15) is 11.6 Å². The van der Waals surface area contributed by atoms with Crippen molar-refractivity contribution in [1.29, 1.82) is 0 Å². The molecule has 11 heteroatoms. The van der Waals surface area contributed by atoms with E-state index in [1.165, 1.54) is 4.90 Å². The molecule has 3 amide bonds. The normalized spacial score (nSPS) is 22.6. The number of nitrogens with one attached hydrogen (secondary N) is 1. The average Bonchev–Trinajstić information content (AvgIpc) is 3.50. The second-order valence-corrected chi connectivity index (χ2v) is 9.47. The summed E-state index contributed by atoms with van der Waals surface area (Å²) in [5.41, 5.74) is 4.44. The van der Waals surface area contributed by atoms with Crippen molar-refractivity contribution < 1.29 is 37.0 Å². The van der Waals surface area contributed by atoms with E-state index >= 15 is 0 Å². The van der Waals surface area contributed by atoms with Crippen molar-refractivity contribution in [2.45, 2.75) is 51.6 Å². The molecule has 0 aromatic heterocycles. The van der Waals surface area contributed by atoms with Crippen LogP contribution < -0.4 is 15.8 Å². The quantitative estimate of drug-likeness (QED) is 0.527. The van der Waals surface area contributed by atoms with Gasteiger partial charge in [-0.3, -0.25) is 4.79 Å². The zero-order valence-corrected chi connectivity index (χ0v) is 18.5.